The molecule has 1 aromatic heterocycles. The number of amides is 1. The highest BCUT2D eigenvalue weighted by molar-refractivity contribution is 8.00. The van der Waals surface area contributed by atoms with E-state index in [0.29, 0.717) is 5.75 Å². The number of hydrogen-bond donors (Lipinski definition) is 1. The molecule has 3 aromatic rings. The second kappa shape index (κ2) is 9.34. The fourth-order valence-electron chi connectivity index (χ4n) is 3.93. The first-order chi connectivity index (χ1) is 16.1. The molecule has 2 atom stereocenters. The lowest BCUT2D eigenvalue weighted by Gasteiger charge is -2.48. The molecule has 2 N–H and O–H groups in total. The molecule has 1 saturated heterocycles. The summed E-state index contributed by atoms with van der Waals surface area (Å²) in [5.41, 5.74) is 8.78. The summed E-state index contributed by atoms with van der Waals surface area (Å²) in [5, 5.41) is -0.261. The molecule has 0 unspecified atom stereocenters. The minimum Gasteiger partial charge on any atom is -0.448 e. The minimum atomic E-state index is -0.610. The van der Waals surface area contributed by atoms with Crippen molar-refractivity contribution in [2.24, 2.45) is 5.73 Å². The number of thiazole rings is 1. The van der Waals surface area contributed by atoms with Gasteiger partial charge in [0.2, 0.25) is 5.91 Å². The Morgan fingerprint density at radius 3 is 2.36 bits per heavy atom. The van der Waals surface area contributed by atoms with Crippen LogP contribution in [-0.4, -0.2) is 45.2 Å². The van der Waals surface area contributed by atoms with E-state index < -0.39 is 18.1 Å². The highest BCUT2D eigenvalue weighted by atomic mass is 32.2. The van der Waals surface area contributed by atoms with Crippen molar-refractivity contribution in [3.8, 4) is 0 Å². The van der Waals surface area contributed by atoms with Crippen LogP contribution in [0, 0.1) is 0 Å². The molecule has 33 heavy (non-hydrogen) atoms. The third-order valence-electron chi connectivity index (χ3n) is 5.59. The largest absolute Gasteiger partial charge is 0.448 e. The van der Waals surface area contributed by atoms with E-state index in [0.717, 1.165) is 25.9 Å². The fraction of sp³-hybridized carbons (Fsp3) is 0.208. The number of esters is 1. The molecule has 1 amide bonds. The van der Waals surface area contributed by atoms with Gasteiger partial charge in [0.05, 0.1) is 4.88 Å². The van der Waals surface area contributed by atoms with Gasteiger partial charge in [-0.2, -0.15) is 0 Å². The van der Waals surface area contributed by atoms with Gasteiger partial charge < -0.3 is 10.5 Å². The molecule has 5 rings (SSSR count). The maximum atomic E-state index is 13.7. The van der Waals surface area contributed by atoms with E-state index in [1.807, 2.05) is 66.9 Å². The standard InChI is InChI=1S/C24H21N3O3S3/c1-31-24-26-12-17(33-24)16-13-32-22-18(25)21(28)27(22)19(16)23(29)30-20(14-8-4-2-5-9-14)15-10-6-3-7-11-15/h2-12,18,20,22H,13,25H2,1H3/t18-,22-/m1/s1. The van der Waals surface area contributed by atoms with Crippen molar-refractivity contribution < 1.29 is 14.3 Å². The molecule has 168 valence electrons. The molecule has 0 spiro atoms. The Balaban J connectivity index is 1.56. The predicted molar refractivity (Wildman–Crippen MR) is 133 cm³/mol. The average molecular weight is 496 g/mol. The number of rotatable bonds is 6. The summed E-state index contributed by atoms with van der Waals surface area (Å²) >= 11 is 4.62. The van der Waals surface area contributed by atoms with Crippen molar-refractivity contribution in [1.29, 1.82) is 0 Å². The van der Waals surface area contributed by atoms with Crippen LogP contribution in [0.1, 0.15) is 22.1 Å². The molecule has 1 fully saturated rings. The molecular formula is C24H21N3O3S3. The van der Waals surface area contributed by atoms with Gasteiger partial charge in [0, 0.05) is 17.5 Å². The topological polar surface area (TPSA) is 85.5 Å². The van der Waals surface area contributed by atoms with Crippen LogP contribution in [0.4, 0.5) is 0 Å². The van der Waals surface area contributed by atoms with Crippen LogP contribution in [0.15, 0.2) is 76.9 Å². The zero-order valence-corrected chi connectivity index (χ0v) is 20.2. The Bertz CT molecular complexity index is 1170. The number of fused-ring (bicyclic) bond motifs is 1. The third-order valence-corrected chi connectivity index (χ3v) is 8.95. The van der Waals surface area contributed by atoms with E-state index in [1.165, 1.54) is 16.2 Å². The van der Waals surface area contributed by atoms with Gasteiger partial charge in [-0.05, 0) is 17.4 Å². The van der Waals surface area contributed by atoms with Gasteiger partial charge in [-0.3, -0.25) is 9.69 Å². The van der Waals surface area contributed by atoms with Gasteiger partial charge in [-0.1, -0.05) is 72.4 Å². The lowest BCUT2D eigenvalue weighted by molar-refractivity contribution is -0.152. The number of nitrogens with zero attached hydrogens (tertiary/aromatic N) is 2. The first-order valence-electron chi connectivity index (χ1n) is 10.3. The molecule has 0 aliphatic carbocycles. The predicted octanol–water partition coefficient (Wildman–Crippen LogP) is 4.15. The Morgan fingerprint density at radius 1 is 1.15 bits per heavy atom. The second-order valence-electron chi connectivity index (χ2n) is 7.56. The molecule has 2 aliphatic heterocycles. The van der Waals surface area contributed by atoms with Crippen LogP contribution < -0.4 is 5.73 Å². The van der Waals surface area contributed by atoms with Gasteiger partial charge in [0.1, 0.15) is 21.5 Å². The van der Waals surface area contributed by atoms with E-state index in [4.69, 9.17) is 10.5 Å². The van der Waals surface area contributed by atoms with Gasteiger partial charge in [0.15, 0.2) is 6.10 Å². The number of benzene rings is 2. The molecule has 0 saturated carbocycles. The van der Waals surface area contributed by atoms with Gasteiger partial charge in [-0.25, -0.2) is 9.78 Å². The maximum Gasteiger partial charge on any atom is 0.356 e. The van der Waals surface area contributed by atoms with Crippen molar-refractivity contribution in [2.45, 2.75) is 21.9 Å². The molecular weight excluding hydrogens is 474 g/mol. The molecule has 0 radical (unpaired) electrons. The van der Waals surface area contributed by atoms with E-state index in [-0.39, 0.29) is 17.0 Å². The van der Waals surface area contributed by atoms with Crippen molar-refractivity contribution in [2.75, 3.05) is 12.0 Å². The zero-order chi connectivity index (χ0) is 22.9. The number of ether oxygens (including phenoxy) is 1. The minimum absolute atomic E-state index is 0.261. The van der Waals surface area contributed by atoms with E-state index >= 15 is 0 Å². The van der Waals surface area contributed by atoms with Gasteiger partial charge >= 0.3 is 5.97 Å². The second-order valence-corrected chi connectivity index (χ2v) is 10.8. The van der Waals surface area contributed by atoms with Crippen LogP contribution in [0.3, 0.4) is 0 Å². The number of nitrogens with two attached hydrogens (primary N) is 1. The van der Waals surface area contributed by atoms with Crippen molar-refractivity contribution >= 4 is 52.3 Å². The van der Waals surface area contributed by atoms with Crippen molar-refractivity contribution in [3.05, 3.63) is 88.6 Å². The highest BCUT2D eigenvalue weighted by Gasteiger charge is 2.52. The van der Waals surface area contributed by atoms with Crippen LogP contribution in [-0.2, 0) is 14.3 Å². The lowest BCUT2D eigenvalue weighted by atomic mass is 10.0. The Kier molecular flexibility index (Phi) is 6.29. The van der Waals surface area contributed by atoms with Gasteiger partial charge in [0.25, 0.3) is 0 Å². The number of β-lactam (4-membered cyclic amide) rings is 1. The number of hydrogen-bond acceptors (Lipinski definition) is 8. The summed E-state index contributed by atoms with van der Waals surface area (Å²) in [6.45, 7) is 0. The van der Waals surface area contributed by atoms with Crippen molar-refractivity contribution in [1.82, 2.24) is 9.88 Å². The Hall–Kier alpha value is -2.59. The quantitative estimate of drug-likeness (QED) is 0.312. The average Bonchev–Trinajstić information content (AvgIpc) is 3.36. The summed E-state index contributed by atoms with van der Waals surface area (Å²) in [6.07, 6.45) is 3.12. The van der Waals surface area contributed by atoms with Crippen LogP contribution in [0.2, 0.25) is 0 Å². The fourth-order valence-corrected chi connectivity index (χ4v) is 6.79. The van der Waals surface area contributed by atoms with Crippen LogP contribution in [0.25, 0.3) is 5.57 Å². The molecule has 0 bridgehead atoms. The molecule has 2 aromatic carbocycles. The van der Waals surface area contributed by atoms with Crippen molar-refractivity contribution in [3.63, 3.8) is 0 Å². The van der Waals surface area contributed by atoms with Crippen LogP contribution in [0.5, 0.6) is 0 Å². The zero-order valence-electron chi connectivity index (χ0n) is 17.7. The Morgan fingerprint density at radius 2 is 1.79 bits per heavy atom. The number of aromatic nitrogens is 1. The first-order valence-corrected chi connectivity index (χ1v) is 13.4. The van der Waals surface area contributed by atoms with Gasteiger partial charge in [-0.15, -0.1) is 23.1 Å². The van der Waals surface area contributed by atoms with E-state index in [2.05, 4.69) is 4.98 Å². The summed E-state index contributed by atoms with van der Waals surface area (Å²) < 4.78 is 7.02. The number of carbonyl (C=O) groups excluding carboxylic acids is 2. The molecule has 3 heterocycles. The number of thioether (sulfide) groups is 2. The van der Waals surface area contributed by atoms with E-state index in [9.17, 15) is 9.59 Å². The lowest BCUT2D eigenvalue weighted by Crippen LogP contribution is -2.68. The molecule has 2 aliphatic rings. The smallest absolute Gasteiger partial charge is 0.356 e. The maximum absolute atomic E-state index is 13.7. The normalized spacial score (nSPS) is 20.0. The summed E-state index contributed by atoms with van der Waals surface area (Å²) in [5.74, 6) is -0.237. The van der Waals surface area contributed by atoms with E-state index in [1.54, 1.807) is 29.7 Å². The third kappa shape index (κ3) is 4.10. The van der Waals surface area contributed by atoms with Crippen LogP contribution >= 0.6 is 34.9 Å². The Labute approximate surface area is 204 Å². The summed E-state index contributed by atoms with van der Waals surface area (Å²) in [4.78, 5) is 33.2. The summed E-state index contributed by atoms with van der Waals surface area (Å²) in [6, 6.07) is 18.6. The highest BCUT2D eigenvalue weighted by Crippen LogP contribution is 2.45. The number of carbonyl (C=O) groups is 2. The molecule has 9 heteroatoms. The first kappa shape index (κ1) is 22.2. The summed E-state index contributed by atoms with van der Waals surface area (Å²) in [7, 11) is 0. The molecule has 6 nitrogen and oxygen atoms in total. The SMILES string of the molecule is CSc1ncc(C2=C(C(=O)OC(c3ccccc3)c3ccccc3)N3C(=O)[C@@H](N)[C@H]3SC2)s1. The monoisotopic (exact) mass is 495 g/mol.